The molecule has 0 aliphatic rings. The van der Waals surface area contributed by atoms with Gasteiger partial charge in [-0.3, -0.25) is 0 Å². The first-order valence-corrected chi connectivity index (χ1v) is 4.22. The maximum atomic E-state index is 9.70. The topological polar surface area (TPSA) is 50.4 Å². The standard InChI is InChI=1S/C9H11N3O/c1-6(2)8-9(13)12-7(11-8)4-3-5-10-12/h3-6,13H,1-2H3. The van der Waals surface area contributed by atoms with Gasteiger partial charge < -0.3 is 5.11 Å². The second kappa shape index (κ2) is 2.73. The molecule has 0 aliphatic heterocycles. The third-order valence-electron chi connectivity index (χ3n) is 1.94. The number of fused-ring (bicyclic) bond motifs is 1. The fourth-order valence-electron chi connectivity index (χ4n) is 1.28. The van der Waals surface area contributed by atoms with Crippen LogP contribution in [0.15, 0.2) is 18.3 Å². The molecule has 4 nitrogen and oxygen atoms in total. The molecule has 0 saturated heterocycles. The molecule has 0 fully saturated rings. The van der Waals surface area contributed by atoms with Crippen molar-refractivity contribution >= 4 is 5.65 Å². The minimum atomic E-state index is 0.144. The zero-order chi connectivity index (χ0) is 9.42. The lowest BCUT2D eigenvalue weighted by molar-refractivity contribution is 0.428. The van der Waals surface area contributed by atoms with Crippen LogP contribution < -0.4 is 0 Å². The van der Waals surface area contributed by atoms with Crippen LogP contribution in [0.1, 0.15) is 25.5 Å². The molecule has 0 amide bonds. The Balaban J connectivity index is 2.74. The highest BCUT2D eigenvalue weighted by Crippen LogP contribution is 2.24. The van der Waals surface area contributed by atoms with Crippen LogP contribution >= 0.6 is 0 Å². The Labute approximate surface area is 75.8 Å². The highest BCUT2D eigenvalue weighted by Gasteiger charge is 2.13. The van der Waals surface area contributed by atoms with Crippen molar-refractivity contribution in [3.05, 3.63) is 24.0 Å². The minimum absolute atomic E-state index is 0.144. The number of hydrogen-bond acceptors (Lipinski definition) is 3. The highest BCUT2D eigenvalue weighted by molar-refractivity contribution is 5.44. The van der Waals surface area contributed by atoms with E-state index in [1.807, 2.05) is 19.9 Å². The smallest absolute Gasteiger partial charge is 0.236 e. The van der Waals surface area contributed by atoms with E-state index in [0.717, 1.165) is 0 Å². The van der Waals surface area contributed by atoms with Crippen LogP contribution in [0, 0.1) is 0 Å². The number of rotatable bonds is 1. The van der Waals surface area contributed by atoms with Crippen molar-refractivity contribution < 1.29 is 5.11 Å². The van der Waals surface area contributed by atoms with Gasteiger partial charge in [0.25, 0.3) is 0 Å². The predicted octanol–water partition coefficient (Wildman–Crippen LogP) is 1.56. The minimum Gasteiger partial charge on any atom is -0.492 e. The van der Waals surface area contributed by atoms with Crippen LogP contribution in [0.2, 0.25) is 0 Å². The first-order valence-electron chi connectivity index (χ1n) is 4.22. The summed E-state index contributed by atoms with van der Waals surface area (Å²) >= 11 is 0. The quantitative estimate of drug-likeness (QED) is 0.719. The second-order valence-corrected chi connectivity index (χ2v) is 3.27. The van der Waals surface area contributed by atoms with Crippen molar-refractivity contribution in [1.29, 1.82) is 0 Å². The number of nitrogens with zero attached hydrogens (tertiary/aromatic N) is 3. The van der Waals surface area contributed by atoms with Crippen molar-refractivity contribution in [2.24, 2.45) is 0 Å². The molecule has 2 aromatic heterocycles. The van der Waals surface area contributed by atoms with E-state index in [1.54, 1.807) is 12.3 Å². The molecule has 2 heterocycles. The van der Waals surface area contributed by atoms with E-state index in [0.29, 0.717) is 11.3 Å². The first kappa shape index (κ1) is 8.04. The van der Waals surface area contributed by atoms with Gasteiger partial charge in [-0.1, -0.05) is 13.8 Å². The fraction of sp³-hybridized carbons (Fsp3) is 0.333. The predicted molar refractivity (Wildman–Crippen MR) is 48.7 cm³/mol. The van der Waals surface area contributed by atoms with Gasteiger partial charge in [0.2, 0.25) is 5.88 Å². The van der Waals surface area contributed by atoms with Crippen molar-refractivity contribution in [1.82, 2.24) is 14.6 Å². The molecule has 0 saturated carbocycles. The molecule has 0 unspecified atom stereocenters. The van der Waals surface area contributed by atoms with Gasteiger partial charge in [-0.2, -0.15) is 9.61 Å². The van der Waals surface area contributed by atoms with E-state index in [-0.39, 0.29) is 11.8 Å². The van der Waals surface area contributed by atoms with Crippen LogP contribution in [0.25, 0.3) is 5.65 Å². The Morgan fingerprint density at radius 3 is 2.85 bits per heavy atom. The summed E-state index contributed by atoms with van der Waals surface area (Å²) in [5, 5.41) is 13.7. The van der Waals surface area contributed by atoms with Gasteiger partial charge in [0.05, 0.1) is 0 Å². The van der Waals surface area contributed by atoms with E-state index < -0.39 is 0 Å². The number of aromatic nitrogens is 3. The molecule has 0 atom stereocenters. The monoisotopic (exact) mass is 177 g/mol. The molecular weight excluding hydrogens is 166 g/mol. The van der Waals surface area contributed by atoms with E-state index in [2.05, 4.69) is 10.1 Å². The zero-order valence-electron chi connectivity index (χ0n) is 7.60. The summed E-state index contributed by atoms with van der Waals surface area (Å²) in [6.45, 7) is 3.98. The van der Waals surface area contributed by atoms with Crippen LogP contribution in [0.3, 0.4) is 0 Å². The van der Waals surface area contributed by atoms with Crippen molar-refractivity contribution in [3.8, 4) is 5.88 Å². The van der Waals surface area contributed by atoms with Gasteiger partial charge in [0.1, 0.15) is 5.69 Å². The Bertz CT molecular complexity index is 433. The molecule has 0 radical (unpaired) electrons. The number of imidazole rings is 1. The maximum absolute atomic E-state index is 9.70. The first-order chi connectivity index (χ1) is 6.20. The molecule has 68 valence electrons. The second-order valence-electron chi connectivity index (χ2n) is 3.27. The van der Waals surface area contributed by atoms with E-state index in [1.165, 1.54) is 4.52 Å². The van der Waals surface area contributed by atoms with E-state index in [4.69, 9.17) is 0 Å². The molecule has 2 rings (SSSR count). The third-order valence-corrected chi connectivity index (χ3v) is 1.94. The van der Waals surface area contributed by atoms with Crippen molar-refractivity contribution in [2.45, 2.75) is 19.8 Å². The Hall–Kier alpha value is -1.58. The summed E-state index contributed by atoms with van der Waals surface area (Å²) in [5.41, 5.74) is 1.38. The summed E-state index contributed by atoms with van der Waals surface area (Å²) in [4.78, 5) is 4.26. The fourth-order valence-corrected chi connectivity index (χ4v) is 1.28. The van der Waals surface area contributed by atoms with E-state index >= 15 is 0 Å². The average molecular weight is 177 g/mol. The lowest BCUT2D eigenvalue weighted by Crippen LogP contribution is -1.89. The highest BCUT2D eigenvalue weighted by atomic mass is 16.3. The summed E-state index contributed by atoms with van der Waals surface area (Å²) in [7, 11) is 0. The summed E-state index contributed by atoms with van der Waals surface area (Å²) in [6, 6.07) is 3.62. The Morgan fingerprint density at radius 1 is 1.46 bits per heavy atom. The molecule has 1 N–H and O–H groups in total. The number of aromatic hydroxyl groups is 1. The molecular formula is C9H11N3O. The van der Waals surface area contributed by atoms with Gasteiger partial charge in [0.15, 0.2) is 5.65 Å². The SMILES string of the molecule is CC(C)c1nc2cccnn2c1O. The van der Waals surface area contributed by atoms with Gasteiger partial charge in [-0.05, 0) is 12.1 Å². The van der Waals surface area contributed by atoms with Crippen molar-refractivity contribution in [3.63, 3.8) is 0 Å². The maximum Gasteiger partial charge on any atom is 0.236 e. The lowest BCUT2D eigenvalue weighted by atomic mass is 10.1. The van der Waals surface area contributed by atoms with Gasteiger partial charge >= 0.3 is 0 Å². The molecule has 0 aliphatic carbocycles. The number of hydrogen-bond donors (Lipinski definition) is 1. The summed E-state index contributed by atoms with van der Waals surface area (Å²) in [6.07, 6.45) is 1.62. The Kier molecular flexibility index (Phi) is 1.69. The molecule has 13 heavy (non-hydrogen) atoms. The van der Waals surface area contributed by atoms with Crippen LogP contribution in [0.4, 0.5) is 0 Å². The Morgan fingerprint density at radius 2 is 2.23 bits per heavy atom. The molecule has 0 aromatic carbocycles. The molecule has 0 bridgehead atoms. The zero-order valence-corrected chi connectivity index (χ0v) is 7.60. The van der Waals surface area contributed by atoms with Gasteiger partial charge in [-0.15, -0.1) is 0 Å². The van der Waals surface area contributed by atoms with Crippen LogP contribution in [-0.2, 0) is 0 Å². The summed E-state index contributed by atoms with van der Waals surface area (Å²) < 4.78 is 1.44. The molecule has 2 aromatic rings. The van der Waals surface area contributed by atoms with Crippen molar-refractivity contribution in [2.75, 3.05) is 0 Å². The summed E-state index contributed by atoms with van der Waals surface area (Å²) in [5.74, 6) is 0.354. The lowest BCUT2D eigenvalue weighted by Gasteiger charge is -1.98. The van der Waals surface area contributed by atoms with Crippen LogP contribution in [0.5, 0.6) is 5.88 Å². The largest absolute Gasteiger partial charge is 0.492 e. The third kappa shape index (κ3) is 1.14. The van der Waals surface area contributed by atoms with Crippen LogP contribution in [-0.4, -0.2) is 19.7 Å². The van der Waals surface area contributed by atoms with Gasteiger partial charge in [-0.25, -0.2) is 4.98 Å². The van der Waals surface area contributed by atoms with Gasteiger partial charge in [0, 0.05) is 12.1 Å². The normalized spacial score (nSPS) is 11.3. The van der Waals surface area contributed by atoms with E-state index in [9.17, 15) is 5.11 Å². The molecule has 0 spiro atoms. The molecule has 4 heteroatoms. The average Bonchev–Trinajstić information content (AvgIpc) is 2.45.